The largest absolute Gasteiger partial charge is 0.480 e. The monoisotopic (exact) mass is 256 g/mol. The number of pyridine rings is 1. The molecule has 2 aromatic rings. The van der Waals surface area contributed by atoms with E-state index in [4.69, 9.17) is 14.2 Å². The molecule has 1 atom stereocenters. The first-order valence-electron chi connectivity index (χ1n) is 6.15. The van der Waals surface area contributed by atoms with Gasteiger partial charge in [0.25, 0.3) is 0 Å². The fourth-order valence-corrected chi connectivity index (χ4v) is 2.30. The van der Waals surface area contributed by atoms with Crippen LogP contribution in [0.25, 0.3) is 0 Å². The van der Waals surface area contributed by atoms with E-state index in [1.807, 2.05) is 30.3 Å². The van der Waals surface area contributed by atoms with Gasteiger partial charge in [-0.25, -0.2) is 4.98 Å². The van der Waals surface area contributed by atoms with Crippen LogP contribution in [-0.2, 0) is 0 Å². The molecule has 0 spiro atoms. The Kier molecular flexibility index (Phi) is 2.24. The number of benzene rings is 1. The Labute approximate surface area is 110 Å². The third-order valence-corrected chi connectivity index (χ3v) is 3.26. The zero-order chi connectivity index (χ0) is 12.7. The Morgan fingerprint density at radius 2 is 2.05 bits per heavy atom. The quantitative estimate of drug-likeness (QED) is 0.848. The van der Waals surface area contributed by atoms with Crippen molar-refractivity contribution >= 4 is 5.82 Å². The molecule has 1 aromatic carbocycles. The molecule has 2 aliphatic rings. The van der Waals surface area contributed by atoms with Gasteiger partial charge in [0.05, 0.1) is 6.54 Å². The fourth-order valence-electron chi connectivity index (χ4n) is 2.30. The lowest BCUT2D eigenvalue weighted by molar-refractivity contribution is 0.173. The van der Waals surface area contributed by atoms with Gasteiger partial charge in [-0.3, -0.25) is 0 Å². The zero-order valence-electron chi connectivity index (χ0n) is 10.1. The molecular weight excluding hydrogens is 244 g/mol. The maximum Gasteiger partial charge on any atom is 0.231 e. The number of aromatic nitrogens is 1. The van der Waals surface area contributed by atoms with Gasteiger partial charge in [-0.2, -0.15) is 0 Å². The molecule has 0 saturated heterocycles. The summed E-state index contributed by atoms with van der Waals surface area (Å²) in [7, 11) is 0. The van der Waals surface area contributed by atoms with E-state index in [1.54, 1.807) is 6.20 Å². The van der Waals surface area contributed by atoms with Crippen molar-refractivity contribution in [3.8, 4) is 17.2 Å². The number of ether oxygens (including phenoxy) is 3. The number of nitrogens with zero attached hydrogens (tertiary/aromatic N) is 1. The summed E-state index contributed by atoms with van der Waals surface area (Å²) in [5.41, 5.74) is 1.06. The highest BCUT2D eigenvalue weighted by Gasteiger charge is 2.23. The molecule has 0 fully saturated rings. The smallest absolute Gasteiger partial charge is 0.231 e. The second-order valence-electron chi connectivity index (χ2n) is 4.45. The first-order chi connectivity index (χ1) is 9.40. The van der Waals surface area contributed by atoms with Crippen LogP contribution in [-0.4, -0.2) is 18.3 Å². The van der Waals surface area contributed by atoms with E-state index in [0.29, 0.717) is 6.54 Å². The van der Waals surface area contributed by atoms with Gasteiger partial charge in [0, 0.05) is 6.20 Å². The van der Waals surface area contributed by atoms with Crippen LogP contribution in [0.1, 0.15) is 11.7 Å². The van der Waals surface area contributed by atoms with Crippen LogP contribution in [0, 0.1) is 0 Å². The Morgan fingerprint density at radius 1 is 1.11 bits per heavy atom. The molecule has 96 valence electrons. The lowest BCUT2D eigenvalue weighted by Gasteiger charge is -2.26. The van der Waals surface area contributed by atoms with Gasteiger partial charge < -0.3 is 19.5 Å². The number of nitrogens with one attached hydrogen (secondary N) is 1. The minimum absolute atomic E-state index is 0.0498. The number of hydrogen-bond donors (Lipinski definition) is 1. The summed E-state index contributed by atoms with van der Waals surface area (Å²) in [6.45, 7) is 0.971. The number of rotatable bonds is 1. The van der Waals surface area contributed by atoms with Gasteiger partial charge in [0.1, 0.15) is 6.10 Å². The molecule has 5 heteroatoms. The SMILES string of the molecule is c1cnc2c(c1)OC(c1ccc3c(c1)OCO3)CN2. The van der Waals surface area contributed by atoms with E-state index in [0.717, 1.165) is 28.6 Å². The average Bonchev–Trinajstić information content (AvgIpc) is 2.94. The van der Waals surface area contributed by atoms with Crippen molar-refractivity contribution in [2.75, 3.05) is 18.7 Å². The molecule has 0 bridgehead atoms. The van der Waals surface area contributed by atoms with Crippen molar-refractivity contribution in [2.45, 2.75) is 6.10 Å². The van der Waals surface area contributed by atoms with E-state index < -0.39 is 0 Å². The Balaban J connectivity index is 1.64. The molecule has 2 aliphatic heterocycles. The van der Waals surface area contributed by atoms with Crippen molar-refractivity contribution in [1.29, 1.82) is 0 Å². The number of fused-ring (bicyclic) bond motifs is 2. The van der Waals surface area contributed by atoms with Gasteiger partial charge in [0.15, 0.2) is 23.1 Å². The van der Waals surface area contributed by atoms with Crippen LogP contribution in [0.5, 0.6) is 17.2 Å². The number of anilines is 1. The number of hydrogen-bond acceptors (Lipinski definition) is 5. The maximum absolute atomic E-state index is 5.96. The first-order valence-corrected chi connectivity index (χ1v) is 6.15. The fraction of sp³-hybridized carbons (Fsp3) is 0.214. The van der Waals surface area contributed by atoms with Crippen LogP contribution < -0.4 is 19.5 Å². The zero-order valence-corrected chi connectivity index (χ0v) is 10.1. The predicted molar refractivity (Wildman–Crippen MR) is 68.7 cm³/mol. The highest BCUT2D eigenvalue weighted by molar-refractivity contribution is 5.53. The Hall–Kier alpha value is -2.43. The molecule has 0 radical (unpaired) electrons. The topological polar surface area (TPSA) is 52.6 Å². The molecule has 1 aromatic heterocycles. The van der Waals surface area contributed by atoms with Gasteiger partial charge in [-0.1, -0.05) is 6.07 Å². The minimum Gasteiger partial charge on any atom is -0.480 e. The summed E-state index contributed by atoms with van der Waals surface area (Å²) >= 11 is 0. The van der Waals surface area contributed by atoms with Crippen molar-refractivity contribution in [1.82, 2.24) is 4.98 Å². The highest BCUT2D eigenvalue weighted by atomic mass is 16.7. The lowest BCUT2D eigenvalue weighted by Crippen LogP contribution is -2.24. The third kappa shape index (κ3) is 1.74. The molecule has 1 unspecified atom stereocenters. The average molecular weight is 256 g/mol. The molecular formula is C14H12N2O3. The molecule has 0 saturated carbocycles. The van der Waals surface area contributed by atoms with Crippen LogP contribution in [0.2, 0.25) is 0 Å². The summed E-state index contributed by atoms with van der Waals surface area (Å²) < 4.78 is 16.7. The summed E-state index contributed by atoms with van der Waals surface area (Å²) in [6, 6.07) is 9.66. The van der Waals surface area contributed by atoms with Crippen LogP contribution in [0.3, 0.4) is 0 Å². The summed E-state index contributed by atoms with van der Waals surface area (Å²) in [6.07, 6.45) is 1.70. The van der Waals surface area contributed by atoms with Crippen LogP contribution in [0.15, 0.2) is 36.5 Å². The first kappa shape index (κ1) is 10.5. The van der Waals surface area contributed by atoms with Gasteiger partial charge in [-0.05, 0) is 29.8 Å². The molecule has 5 nitrogen and oxygen atoms in total. The molecule has 1 N–H and O–H groups in total. The Bertz CT molecular complexity index is 630. The normalized spacial score (nSPS) is 19.3. The van der Waals surface area contributed by atoms with Gasteiger partial charge in [0.2, 0.25) is 6.79 Å². The van der Waals surface area contributed by atoms with Gasteiger partial charge >= 0.3 is 0 Å². The molecule has 4 rings (SSSR count). The van der Waals surface area contributed by atoms with Crippen molar-refractivity contribution in [3.63, 3.8) is 0 Å². The lowest BCUT2D eigenvalue weighted by atomic mass is 10.1. The second-order valence-corrected chi connectivity index (χ2v) is 4.45. The Morgan fingerprint density at radius 3 is 3.05 bits per heavy atom. The maximum atomic E-state index is 5.96. The second kappa shape index (κ2) is 4.05. The summed E-state index contributed by atoms with van der Waals surface area (Å²) in [5, 5.41) is 3.27. The predicted octanol–water partition coefficient (Wildman–Crippen LogP) is 2.36. The summed E-state index contributed by atoms with van der Waals surface area (Å²) in [5.74, 6) is 3.13. The molecule has 0 amide bonds. The standard InChI is InChI=1S/C14H12N2O3/c1-2-11-14(15-5-1)16-7-13(19-11)9-3-4-10-12(6-9)18-8-17-10/h1-6,13H,7-8H2,(H,15,16). The van der Waals surface area contributed by atoms with Crippen molar-refractivity contribution in [2.24, 2.45) is 0 Å². The summed E-state index contributed by atoms with van der Waals surface area (Å²) in [4.78, 5) is 4.22. The minimum atomic E-state index is -0.0498. The van der Waals surface area contributed by atoms with Crippen LogP contribution >= 0.6 is 0 Å². The van der Waals surface area contributed by atoms with E-state index in [1.165, 1.54) is 0 Å². The van der Waals surface area contributed by atoms with Crippen LogP contribution in [0.4, 0.5) is 5.82 Å². The van der Waals surface area contributed by atoms with E-state index in [2.05, 4.69) is 10.3 Å². The highest BCUT2D eigenvalue weighted by Crippen LogP contribution is 2.37. The van der Waals surface area contributed by atoms with E-state index in [-0.39, 0.29) is 12.9 Å². The molecule has 19 heavy (non-hydrogen) atoms. The van der Waals surface area contributed by atoms with E-state index >= 15 is 0 Å². The van der Waals surface area contributed by atoms with E-state index in [9.17, 15) is 0 Å². The van der Waals surface area contributed by atoms with Crippen molar-refractivity contribution in [3.05, 3.63) is 42.1 Å². The van der Waals surface area contributed by atoms with Crippen molar-refractivity contribution < 1.29 is 14.2 Å². The molecule has 3 heterocycles. The molecule has 0 aliphatic carbocycles. The third-order valence-electron chi connectivity index (χ3n) is 3.26. The van der Waals surface area contributed by atoms with Gasteiger partial charge in [-0.15, -0.1) is 0 Å².